The molecule has 5 heteroatoms. The first-order valence-corrected chi connectivity index (χ1v) is 13.6. The van der Waals surface area contributed by atoms with Crippen molar-refractivity contribution in [1.82, 2.24) is 19.9 Å². The lowest BCUT2D eigenvalue weighted by molar-refractivity contribution is 0.669. The summed E-state index contributed by atoms with van der Waals surface area (Å²) in [6.45, 7) is 0. The average Bonchev–Trinajstić information content (AvgIpc) is 3.58. The predicted octanol–water partition coefficient (Wildman–Crippen LogP) is 8.97. The zero-order chi connectivity index (χ0) is 26.9. The SMILES string of the molecule is c1ccc(-c2nc(-c3cc4c5c(cccc5c3)-c3ccncc3-4)nc(-c3cccc4oc5ccccc5c34)n2)cc1. The predicted molar refractivity (Wildman–Crippen MR) is 163 cm³/mol. The van der Waals surface area contributed by atoms with Crippen molar-refractivity contribution in [2.75, 3.05) is 0 Å². The van der Waals surface area contributed by atoms with Gasteiger partial charge in [0.15, 0.2) is 17.5 Å². The molecular formula is C36H20N4O. The van der Waals surface area contributed by atoms with Crippen LogP contribution in [0, 0.1) is 0 Å². The highest BCUT2D eigenvalue weighted by atomic mass is 16.3. The number of aromatic nitrogens is 4. The van der Waals surface area contributed by atoms with E-state index in [1.54, 1.807) is 0 Å². The van der Waals surface area contributed by atoms with E-state index in [2.05, 4.69) is 53.5 Å². The minimum atomic E-state index is 0.610. The number of fused-ring (bicyclic) bond motifs is 6. The lowest BCUT2D eigenvalue weighted by atomic mass is 9.99. The van der Waals surface area contributed by atoms with Crippen LogP contribution in [0.3, 0.4) is 0 Å². The first kappa shape index (κ1) is 22.2. The molecule has 0 spiro atoms. The highest BCUT2D eigenvalue weighted by Crippen LogP contribution is 2.48. The van der Waals surface area contributed by atoms with Gasteiger partial charge in [-0.25, -0.2) is 15.0 Å². The molecule has 0 fully saturated rings. The smallest absolute Gasteiger partial charge is 0.164 e. The highest BCUT2D eigenvalue weighted by Gasteiger charge is 2.23. The van der Waals surface area contributed by atoms with Gasteiger partial charge < -0.3 is 4.42 Å². The van der Waals surface area contributed by atoms with Gasteiger partial charge >= 0.3 is 0 Å². The van der Waals surface area contributed by atoms with Crippen molar-refractivity contribution >= 4 is 32.7 Å². The summed E-state index contributed by atoms with van der Waals surface area (Å²) in [5.41, 5.74) is 9.16. The molecule has 3 heterocycles. The van der Waals surface area contributed by atoms with Gasteiger partial charge in [0.1, 0.15) is 11.2 Å². The zero-order valence-electron chi connectivity index (χ0n) is 21.7. The summed E-state index contributed by atoms with van der Waals surface area (Å²) >= 11 is 0. The molecule has 0 bridgehead atoms. The number of hydrogen-bond donors (Lipinski definition) is 0. The minimum Gasteiger partial charge on any atom is -0.456 e. The summed E-state index contributed by atoms with van der Waals surface area (Å²) in [6, 6.07) is 37.1. The van der Waals surface area contributed by atoms with E-state index in [1.165, 1.54) is 16.5 Å². The molecular weight excluding hydrogens is 504 g/mol. The number of furan rings is 1. The molecule has 0 atom stereocenters. The Kier molecular flexibility index (Phi) is 4.55. The molecule has 5 nitrogen and oxygen atoms in total. The van der Waals surface area contributed by atoms with Gasteiger partial charge in [0, 0.05) is 45.4 Å². The molecule has 0 aliphatic heterocycles. The number of pyridine rings is 1. The van der Waals surface area contributed by atoms with E-state index < -0.39 is 0 Å². The maximum atomic E-state index is 6.18. The lowest BCUT2D eigenvalue weighted by Gasteiger charge is -2.11. The monoisotopic (exact) mass is 524 g/mol. The van der Waals surface area contributed by atoms with Crippen LogP contribution in [0.1, 0.15) is 0 Å². The molecule has 0 N–H and O–H groups in total. The third-order valence-electron chi connectivity index (χ3n) is 7.95. The maximum absolute atomic E-state index is 6.18. The molecule has 1 aliphatic rings. The average molecular weight is 525 g/mol. The highest BCUT2D eigenvalue weighted by molar-refractivity contribution is 6.16. The minimum absolute atomic E-state index is 0.610. The Hall–Kier alpha value is -5.68. The number of hydrogen-bond acceptors (Lipinski definition) is 5. The van der Waals surface area contributed by atoms with E-state index in [-0.39, 0.29) is 0 Å². The van der Waals surface area contributed by atoms with Crippen LogP contribution in [0.2, 0.25) is 0 Å². The van der Waals surface area contributed by atoms with Crippen molar-refractivity contribution < 1.29 is 4.42 Å². The van der Waals surface area contributed by atoms with Crippen molar-refractivity contribution in [3.63, 3.8) is 0 Å². The van der Waals surface area contributed by atoms with Gasteiger partial charge in [0.2, 0.25) is 0 Å². The van der Waals surface area contributed by atoms with Gasteiger partial charge in [-0.05, 0) is 57.8 Å². The quantitative estimate of drug-likeness (QED) is 0.231. The summed E-state index contributed by atoms with van der Waals surface area (Å²) in [4.78, 5) is 19.6. The normalized spacial score (nSPS) is 11.9. The van der Waals surface area contributed by atoms with Gasteiger partial charge in [-0.3, -0.25) is 4.98 Å². The molecule has 5 aromatic carbocycles. The molecule has 3 aromatic heterocycles. The Morgan fingerprint density at radius 3 is 2.15 bits per heavy atom. The van der Waals surface area contributed by atoms with Crippen molar-refractivity contribution in [3.05, 3.63) is 122 Å². The summed E-state index contributed by atoms with van der Waals surface area (Å²) in [5.74, 6) is 1.86. The fourth-order valence-corrected chi connectivity index (χ4v) is 6.14. The first-order chi connectivity index (χ1) is 20.3. The largest absolute Gasteiger partial charge is 0.456 e. The second-order valence-electron chi connectivity index (χ2n) is 10.3. The fraction of sp³-hybridized carbons (Fsp3) is 0. The number of benzene rings is 5. The molecule has 9 rings (SSSR count). The van der Waals surface area contributed by atoms with Crippen LogP contribution >= 0.6 is 0 Å². The number of rotatable bonds is 3. The van der Waals surface area contributed by atoms with Gasteiger partial charge in [0.25, 0.3) is 0 Å². The van der Waals surface area contributed by atoms with Gasteiger partial charge in [-0.15, -0.1) is 0 Å². The second-order valence-corrected chi connectivity index (χ2v) is 10.3. The molecule has 0 radical (unpaired) electrons. The van der Waals surface area contributed by atoms with Crippen LogP contribution in [0.15, 0.2) is 126 Å². The summed E-state index contributed by atoms with van der Waals surface area (Å²) < 4.78 is 6.18. The van der Waals surface area contributed by atoms with Crippen LogP contribution < -0.4 is 0 Å². The zero-order valence-corrected chi connectivity index (χ0v) is 21.7. The third kappa shape index (κ3) is 3.29. The fourth-order valence-electron chi connectivity index (χ4n) is 6.14. The van der Waals surface area contributed by atoms with E-state index in [0.29, 0.717) is 17.5 Å². The van der Waals surface area contributed by atoms with E-state index in [0.717, 1.165) is 55.1 Å². The topological polar surface area (TPSA) is 64.7 Å². The lowest BCUT2D eigenvalue weighted by Crippen LogP contribution is -2.00. The Bertz CT molecular complexity index is 2320. The van der Waals surface area contributed by atoms with Crippen LogP contribution in [-0.4, -0.2) is 19.9 Å². The van der Waals surface area contributed by atoms with E-state index in [9.17, 15) is 0 Å². The molecule has 8 aromatic rings. The van der Waals surface area contributed by atoms with Crippen molar-refractivity contribution in [2.24, 2.45) is 0 Å². The molecule has 0 saturated carbocycles. The van der Waals surface area contributed by atoms with E-state index in [4.69, 9.17) is 19.4 Å². The van der Waals surface area contributed by atoms with Gasteiger partial charge in [-0.1, -0.05) is 78.9 Å². The second kappa shape index (κ2) is 8.41. The van der Waals surface area contributed by atoms with E-state index in [1.807, 2.05) is 73.1 Å². The molecule has 0 saturated heterocycles. The third-order valence-corrected chi connectivity index (χ3v) is 7.95. The Labute approximate surface area is 234 Å². The number of nitrogens with zero attached hydrogens (tertiary/aromatic N) is 4. The Balaban J connectivity index is 1.33. The molecule has 1 aliphatic carbocycles. The summed E-state index contributed by atoms with van der Waals surface area (Å²) in [5, 5.41) is 4.43. The van der Waals surface area contributed by atoms with Crippen LogP contribution in [0.4, 0.5) is 0 Å². The van der Waals surface area contributed by atoms with Crippen LogP contribution in [0.5, 0.6) is 0 Å². The Morgan fingerprint density at radius 2 is 1.22 bits per heavy atom. The van der Waals surface area contributed by atoms with Crippen LogP contribution in [0.25, 0.3) is 89.1 Å². The molecule has 0 unspecified atom stereocenters. The van der Waals surface area contributed by atoms with Gasteiger partial charge in [-0.2, -0.15) is 0 Å². The van der Waals surface area contributed by atoms with Crippen molar-refractivity contribution in [1.29, 1.82) is 0 Å². The Morgan fingerprint density at radius 1 is 0.463 bits per heavy atom. The number of para-hydroxylation sites is 1. The van der Waals surface area contributed by atoms with Crippen molar-refractivity contribution in [3.8, 4) is 56.4 Å². The summed E-state index contributed by atoms with van der Waals surface area (Å²) in [6.07, 6.45) is 3.81. The molecule has 190 valence electrons. The van der Waals surface area contributed by atoms with E-state index >= 15 is 0 Å². The molecule has 41 heavy (non-hydrogen) atoms. The standard InChI is InChI=1S/C36H20N4O/c1-2-8-21(9-3-1)34-38-35(23-18-22-10-6-12-25-24-16-17-37-20-29(24)28(19-23)32(22)25)40-36(39-34)27-13-7-15-31-33(27)26-11-4-5-14-30(26)41-31/h1-20H. The van der Waals surface area contributed by atoms with Crippen molar-refractivity contribution in [2.45, 2.75) is 0 Å². The molecule has 0 amide bonds. The maximum Gasteiger partial charge on any atom is 0.164 e. The summed E-state index contributed by atoms with van der Waals surface area (Å²) in [7, 11) is 0. The van der Waals surface area contributed by atoms with Crippen LogP contribution in [-0.2, 0) is 0 Å². The first-order valence-electron chi connectivity index (χ1n) is 13.6. The van der Waals surface area contributed by atoms with Gasteiger partial charge in [0.05, 0.1) is 0 Å².